The maximum absolute atomic E-state index is 12.6. The Morgan fingerprint density at radius 2 is 1.90 bits per heavy atom. The summed E-state index contributed by atoms with van der Waals surface area (Å²) in [6, 6.07) is 15.3. The molecule has 2 heterocycles. The molecule has 0 saturated heterocycles. The van der Waals surface area contributed by atoms with Crippen molar-refractivity contribution >= 4 is 44.2 Å². The van der Waals surface area contributed by atoms with Gasteiger partial charge in [-0.1, -0.05) is 24.3 Å². The first-order chi connectivity index (χ1) is 13.9. The molecule has 2 aromatic heterocycles. The molecule has 7 nitrogen and oxygen atoms in total. The molecule has 29 heavy (non-hydrogen) atoms. The molecule has 0 bridgehead atoms. The van der Waals surface area contributed by atoms with E-state index in [0.717, 1.165) is 20.5 Å². The summed E-state index contributed by atoms with van der Waals surface area (Å²) in [6.45, 7) is -0.651. The number of aromatic nitrogens is 1. The van der Waals surface area contributed by atoms with Crippen LogP contribution in [0.5, 0.6) is 5.75 Å². The van der Waals surface area contributed by atoms with E-state index in [9.17, 15) is 19.5 Å². The van der Waals surface area contributed by atoms with Crippen molar-refractivity contribution in [2.24, 2.45) is 7.05 Å². The van der Waals surface area contributed by atoms with Gasteiger partial charge in [0.2, 0.25) is 0 Å². The van der Waals surface area contributed by atoms with Crippen molar-refractivity contribution < 1.29 is 19.8 Å². The van der Waals surface area contributed by atoms with Gasteiger partial charge in [0.25, 0.3) is 11.5 Å². The molecule has 0 fully saturated rings. The van der Waals surface area contributed by atoms with E-state index in [4.69, 9.17) is 5.11 Å². The van der Waals surface area contributed by atoms with Gasteiger partial charge in [-0.15, -0.1) is 11.3 Å². The number of carbonyl (C=O) groups is 2. The van der Waals surface area contributed by atoms with Gasteiger partial charge in [-0.25, -0.2) is 0 Å². The van der Waals surface area contributed by atoms with Gasteiger partial charge < -0.3 is 20.1 Å². The number of amides is 1. The van der Waals surface area contributed by atoms with Crippen LogP contribution in [0.4, 0.5) is 0 Å². The summed E-state index contributed by atoms with van der Waals surface area (Å²) < 4.78 is 2.39. The number of nitrogens with one attached hydrogen (secondary N) is 1. The highest BCUT2D eigenvalue weighted by Gasteiger charge is 2.22. The summed E-state index contributed by atoms with van der Waals surface area (Å²) in [4.78, 5) is 36.6. The number of carboxylic acid groups (broad SMARTS) is 1. The lowest BCUT2D eigenvalue weighted by atomic mass is 10.1. The minimum absolute atomic E-state index is 0.336. The Bertz CT molecular complexity index is 1320. The number of aliphatic carboxylic acids is 1. The van der Waals surface area contributed by atoms with Gasteiger partial charge in [-0.05, 0) is 35.2 Å². The minimum atomic E-state index is -1.25. The molecule has 3 N–H and O–H groups in total. The van der Waals surface area contributed by atoms with Crippen molar-refractivity contribution in [1.82, 2.24) is 9.88 Å². The fraction of sp³-hybridized carbons (Fsp3) is 0.0952. The Kier molecular flexibility index (Phi) is 4.56. The van der Waals surface area contributed by atoms with Gasteiger partial charge in [0, 0.05) is 22.0 Å². The monoisotopic (exact) mass is 408 g/mol. The Balaban J connectivity index is 1.88. The number of hydrogen-bond acceptors (Lipinski definition) is 5. The van der Waals surface area contributed by atoms with Crippen LogP contribution in [-0.2, 0) is 11.8 Å². The maximum atomic E-state index is 12.6. The molecule has 0 radical (unpaired) electrons. The third kappa shape index (κ3) is 3.23. The number of aromatic hydroxyl groups is 1. The smallest absolute Gasteiger partial charge is 0.322 e. The van der Waals surface area contributed by atoms with Crippen molar-refractivity contribution in [3.05, 3.63) is 64.4 Å². The summed E-state index contributed by atoms with van der Waals surface area (Å²) in [7, 11) is 1.50. The number of rotatable bonds is 4. The molecule has 0 aliphatic rings. The molecule has 146 valence electrons. The lowest BCUT2D eigenvalue weighted by Gasteiger charge is -2.12. The summed E-state index contributed by atoms with van der Waals surface area (Å²) in [5.41, 5.74) is 0.124. The van der Waals surface area contributed by atoms with E-state index in [2.05, 4.69) is 5.32 Å². The number of benzene rings is 2. The predicted octanol–water partition coefficient (Wildman–Crippen LogP) is 2.94. The predicted molar refractivity (Wildman–Crippen MR) is 112 cm³/mol. The third-order valence-corrected chi connectivity index (χ3v) is 5.87. The van der Waals surface area contributed by atoms with Crippen molar-refractivity contribution in [2.75, 3.05) is 6.54 Å². The molecule has 0 aliphatic carbocycles. The lowest BCUT2D eigenvalue weighted by molar-refractivity contribution is -0.135. The zero-order valence-electron chi connectivity index (χ0n) is 15.3. The van der Waals surface area contributed by atoms with Crippen LogP contribution >= 0.6 is 11.3 Å². The summed E-state index contributed by atoms with van der Waals surface area (Å²) in [5, 5.41) is 23.0. The molecule has 4 rings (SSSR count). The molecular weight excluding hydrogens is 392 g/mol. The third-order valence-electron chi connectivity index (χ3n) is 4.71. The van der Waals surface area contributed by atoms with Gasteiger partial charge >= 0.3 is 5.97 Å². The van der Waals surface area contributed by atoms with E-state index in [-0.39, 0.29) is 0 Å². The molecule has 8 heteroatoms. The number of carbonyl (C=O) groups excluding carboxylic acids is 1. The molecule has 2 aromatic carbocycles. The Hall–Kier alpha value is -3.65. The van der Waals surface area contributed by atoms with E-state index < -0.39 is 35.3 Å². The van der Waals surface area contributed by atoms with Crippen LogP contribution < -0.4 is 10.9 Å². The highest BCUT2D eigenvalue weighted by molar-refractivity contribution is 7.22. The largest absolute Gasteiger partial charge is 0.506 e. The topological polar surface area (TPSA) is 109 Å². The molecular formula is C21H16N2O5S. The highest BCUT2D eigenvalue weighted by atomic mass is 32.1. The maximum Gasteiger partial charge on any atom is 0.322 e. The summed E-state index contributed by atoms with van der Waals surface area (Å²) >= 11 is 1.60. The standard InChI is InChI=1S/C21H16N2O5S/c1-23-14-7-6-12(16-9-11-4-2-3-5-15(11)29-16)8-13(14)19(26)18(21(23)28)20(27)22-10-17(24)25/h2-9,26H,10H2,1H3,(H,22,27)(H,24,25). The number of fused-ring (bicyclic) bond motifs is 2. The normalized spacial score (nSPS) is 11.1. The van der Waals surface area contributed by atoms with Crippen LogP contribution in [0.1, 0.15) is 10.4 Å². The number of nitrogens with zero attached hydrogens (tertiary/aromatic N) is 1. The van der Waals surface area contributed by atoms with E-state index in [1.165, 1.54) is 11.6 Å². The number of hydrogen-bond donors (Lipinski definition) is 3. The van der Waals surface area contributed by atoms with Gasteiger partial charge in [0.05, 0.1) is 5.52 Å². The van der Waals surface area contributed by atoms with Crippen LogP contribution in [0.25, 0.3) is 31.4 Å². The highest BCUT2D eigenvalue weighted by Crippen LogP contribution is 2.36. The average Bonchev–Trinajstić information content (AvgIpc) is 3.14. The number of pyridine rings is 1. The van der Waals surface area contributed by atoms with E-state index >= 15 is 0 Å². The first-order valence-corrected chi connectivity index (χ1v) is 9.53. The van der Waals surface area contributed by atoms with Crippen LogP contribution in [0.3, 0.4) is 0 Å². The van der Waals surface area contributed by atoms with Gasteiger partial charge in [-0.3, -0.25) is 14.4 Å². The average molecular weight is 408 g/mol. The van der Waals surface area contributed by atoms with Crippen molar-refractivity contribution in [1.29, 1.82) is 0 Å². The van der Waals surface area contributed by atoms with E-state index in [0.29, 0.717) is 10.9 Å². The molecule has 0 spiro atoms. The molecule has 4 aromatic rings. The number of carboxylic acids is 1. The van der Waals surface area contributed by atoms with E-state index in [1.54, 1.807) is 23.5 Å². The molecule has 0 saturated carbocycles. The Morgan fingerprint density at radius 3 is 2.62 bits per heavy atom. The van der Waals surface area contributed by atoms with Crippen molar-refractivity contribution in [3.63, 3.8) is 0 Å². The number of aryl methyl sites for hydroxylation is 1. The quantitative estimate of drug-likeness (QED) is 0.481. The minimum Gasteiger partial charge on any atom is -0.506 e. The zero-order chi connectivity index (χ0) is 20.7. The second kappa shape index (κ2) is 7.06. The van der Waals surface area contributed by atoms with Gasteiger partial charge in [0.15, 0.2) is 0 Å². The van der Waals surface area contributed by atoms with Gasteiger partial charge in [-0.2, -0.15) is 0 Å². The molecule has 0 aliphatic heterocycles. The van der Waals surface area contributed by atoms with E-state index in [1.807, 2.05) is 36.4 Å². The summed E-state index contributed by atoms with van der Waals surface area (Å²) in [6.07, 6.45) is 0. The lowest BCUT2D eigenvalue weighted by Crippen LogP contribution is -2.35. The molecule has 1 amide bonds. The zero-order valence-corrected chi connectivity index (χ0v) is 16.1. The van der Waals surface area contributed by atoms with Crippen LogP contribution in [-0.4, -0.2) is 33.2 Å². The van der Waals surface area contributed by atoms with Crippen LogP contribution in [0.15, 0.2) is 53.3 Å². The second-order valence-corrected chi connectivity index (χ2v) is 7.63. The second-order valence-electron chi connectivity index (χ2n) is 6.54. The fourth-order valence-corrected chi connectivity index (χ4v) is 4.32. The number of thiophene rings is 1. The molecule has 0 unspecified atom stereocenters. The van der Waals surface area contributed by atoms with Crippen molar-refractivity contribution in [2.45, 2.75) is 0 Å². The Labute approximate surface area is 168 Å². The SMILES string of the molecule is Cn1c(=O)c(C(=O)NCC(=O)O)c(O)c2cc(-c3cc4ccccc4s3)ccc21. The van der Waals surface area contributed by atoms with Gasteiger partial charge in [0.1, 0.15) is 17.9 Å². The summed E-state index contributed by atoms with van der Waals surface area (Å²) in [5.74, 6) is -2.64. The first kappa shape index (κ1) is 18.7. The van der Waals surface area contributed by atoms with Crippen molar-refractivity contribution in [3.8, 4) is 16.2 Å². The first-order valence-electron chi connectivity index (χ1n) is 8.71. The van der Waals surface area contributed by atoms with Crippen LogP contribution in [0.2, 0.25) is 0 Å². The Morgan fingerprint density at radius 1 is 1.14 bits per heavy atom. The van der Waals surface area contributed by atoms with Crippen LogP contribution in [0, 0.1) is 0 Å². The molecule has 0 atom stereocenters. The fourth-order valence-electron chi connectivity index (χ4n) is 3.26.